The summed E-state index contributed by atoms with van der Waals surface area (Å²) in [5, 5.41) is 7.54. The summed E-state index contributed by atoms with van der Waals surface area (Å²) in [4.78, 5) is 19.3. The van der Waals surface area contributed by atoms with Crippen LogP contribution in [0.3, 0.4) is 0 Å². The summed E-state index contributed by atoms with van der Waals surface area (Å²) in [5.41, 5.74) is 4.10. The van der Waals surface area contributed by atoms with Crippen LogP contribution in [0.15, 0.2) is 47.1 Å². The highest BCUT2D eigenvalue weighted by molar-refractivity contribution is 5.78. The van der Waals surface area contributed by atoms with Crippen LogP contribution in [0.2, 0.25) is 0 Å². The summed E-state index contributed by atoms with van der Waals surface area (Å²) in [6.45, 7) is 3.25. The van der Waals surface area contributed by atoms with Gasteiger partial charge in [-0.15, -0.1) is 0 Å². The monoisotopic (exact) mass is 408 g/mol. The highest BCUT2D eigenvalue weighted by atomic mass is 16.6. The second kappa shape index (κ2) is 9.04. The van der Waals surface area contributed by atoms with E-state index in [1.165, 1.54) is 0 Å². The average Bonchev–Trinajstić information content (AvgIpc) is 3.18. The molecule has 0 N–H and O–H groups in total. The molecule has 8 heteroatoms. The quantitative estimate of drug-likeness (QED) is 0.619. The van der Waals surface area contributed by atoms with Crippen LogP contribution in [0.1, 0.15) is 34.4 Å². The number of rotatable bonds is 6. The zero-order valence-corrected chi connectivity index (χ0v) is 17.1. The Morgan fingerprint density at radius 3 is 2.90 bits per heavy atom. The smallest absolute Gasteiger partial charge is 0.228 e. The fourth-order valence-electron chi connectivity index (χ4n) is 3.49. The molecule has 1 fully saturated rings. The van der Waals surface area contributed by atoms with Crippen LogP contribution in [-0.2, 0) is 22.4 Å². The molecule has 4 rings (SSSR count). The molecule has 1 amide bonds. The molecule has 3 heterocycles. The molecule has 0 bridgehead atoms. The van der Waals surface area contributed by atoms with Gasteiger partial charge in [0.1, 0.15) is 23.2 Å². The number of amides is 1. The van der Waals surface area contributed by atoms with Crippen molar-refractivity contribution in [3.05, 3.63) is 70.8 Å². The molecule has 8 nitrogen and oxygen atoms in total. The predicted octanol–water partition coefficient (Wildman–Crippen LogP) is 2.52. The number of hydrogen-bond acceptors (Lipinski definition) is 7. The summed E-state index contributed by atoms with van der Waals surface area (Å²) >= 11 is 0. The second-order valence-electron chi connectivity index (χ2n) is 7.25. The Bertz CT molecular complexity index is 1020. The van der Waals surface area contributed by atoms with Gasteiger partial charge in [0.15, 0.2) is 0 Å². The van der Waals surface area contributed by atoms with E-state index in [-0.39, 0.29) is 18.4 Å². The van der Waals surface area contributed by atoms with E-state index >= 15 is 0 Å². The molecule has 0 unspecified atom stereocenters. The maximum atomic E-state index is 12.7. The zero-order chi connectivity index (χ0) is 20.9. The SMILES string of the molecule is COc1cccc(Cc2cccc([C@H]3CN(C(=O)Cc4nonc4C)CCO3)n2)c1. The van der Waals surface area contributed by atoms with E-state index in [0.717, 1.165) is 22.7 Å². The fraction of sp³-hybridized carbons (Fsp3) is 0.364. The van der Waals surface area contributed by atoms with Crippen LogP contribution in [-0.4, -0.2) is 52.9 Å². The molecule has 30 heavy (non-hydrogen) atoms. The van der Waals surface area contributed by atoms with Crippen molar-refractivity contribution in [2.24, 2.45) is 0 Å². The minimum Gasteiger partial charge on any atom is -0.497 e. The predicted molar refractivity (Wildman–Crippen MR) is 108 cm³/mol. The number of benzene rings is 1. The van der Waals surface area contributed by atoms with Gasteiger partial charge in [-0.3, -0.25) is 9.78 Å². The van der Waals surface area contributed by atoms with Crippen LogP contribution in [0.25, 0.3) is 0 Å². The van der Waals surface area contributed by atoms with Crippen LogP contribution in [0, 0.1) is 6.92 Å². The molecular formula is C22H24N4O4. The van der Waals surface area contributed by atoms with Gasteiger partial charge >= 0.3 is 0 Å². The third kappa shape index (κ3) is 4.65. The van der Waals surface area contributed by atoms with Crippen LogP contribution >= 0.6 is 0 Å². The lowest BCUT2D eigenvalue weighted by atomic mass is 10.1. The van der Waals surface area contributed by atoms with Crippen molar-refractivity contribution in [2.45, 2.75) is 25.9 Å². The van der Waals surface area contributed by atoms with E-state index in [9.17, 15) is 4.79 Å². The van der Waals surface area contributed by atoms with Gasteiger partial charge in [-0.2, -0.15) is 0 Å². The third-order valence-electron chi connectivity index (χ3n) is 5.16. The third-order valence-corrected chi connectivity index (χ3v) is 5.16. The maximum absolute atomic E-state index is 12.7. The van der Waals surface area contributed by atoms with Gasteiger partial charge < -0.3 is 14.4 Å². The van der Waals surface area contributed by atoms with Crippen molar-refractivity contribution in [2.75, 3.05) is 26.8 Å². The fourth-order valence-corrected chi connectivity index (χ4v) is 3.49. The molecule has 2 aromatic heterocycles. The number of aromatic nitrogens is 3. The molecule has 156 valence electrons. The van der Waals surface area contributed by atoms with E-state index in [2.05, 4.69) is 21.0 Å². The molecular weight excluding hydrogens is 384 g/mol. The largest absolute Gasteiger partial charge is 0.497 e. The van der Waals surface area contributed by atoms with Crippen LogP contribution in [0.5, 0.6) is 5.75 Å². The number of pyridine rings is 1. The lowest BCUT2D eigenvalue weighted by molar-refractivity contribution is -0.138. The molecule has 0 saturated carbocycles. The van der Waals surface area contributed by atoms with Gasteiger partial charge in [-0.25, -0.2) is 4.63 Å². The van der Waals surface area contributed by atoms with Gasteiger partial charge in [-0.1, -0.05) is 28.5 Å². The average molecular weight is 408 g/mol. The van der Waals surface area contributed by atoms with Crippen molar-refractivity contribution in [3.63, 3.8) is 0 Å². The summed E-state index contributed by atoms with van der Waals surface area (Å²) in [5.74, 6) is 0.806. The number of carbonyl (C=O) groups is 1. The zero-order valence-electron chi connectivity index (χ0n) is 17.1. The normalized spacial score (nSPS) is 16.5. The molecule has 0 aliphatic carbocycles. The number of aryl methyl sites for hydroxylation is 1. The highest BCUT2D eigenvalue weighted by Crippen LogP contribution is 2.23. The van der Waals surface area contributed by atoms with Gasteiger partial charge in [-0.05, 0) is 36.8 Å². The molecule has 3 aromatic rings. The molecule has 1 saturated heterocycles. The standard InChI is InChI=1S/C22H24N4O4/c1-15-20(25-30-24-15)13-22(27)26-9-10-29-21(14-26)19-8-4-6-17(23-19)11-16-5-3-7-18(12-16)28-2/h3-8,12,21H,9-11,13-14H2,1-2H3/t21-/m1/s1. The van der Waals surface area contributed by atoms with Gasteiger partial charge in [0.2, 0.25) is 5.91 Å². The number of ether oxygens (including phenoxy) is 2. The van der Waals surface area contributed by atoms with Gasteiger partial charge in [0.25, 0.3) is 0 Å². The van der Waals surface area contributed by atoms with E-state index in [4.69, 9.17) is 14.5 Å². The molecule has 0 radical (unpaired) electrons. The topological polar surface area (TPSA) is 90.6 Å². The summed E-state index contributed by atoms with van der Waals surface area (Å²) < 4.78 is 15.9. The number of hydrogen-bond donors (Lipinski definition) is 0. The molecule has 1 aromatic carbocycles. The first-order valence-electron chi connectivity index (χ1n) is 9.88. The maximum Gasteiger partial charge on any atom is 0.228 e. The first-order chi connectivity index (χ1) is 14.6. The first kappa shape index (κ1) is 20.0. The Morgan fingerprint density at radius 2 is 2.10 bits per heavy atom. The van der Waals surface area contributed by atoms with Crippen LogP contribution < -0.4 is 4.74 Å². The second-order valence-corrected chi connectivity index (χ2v) is 7.25. The molecule has 1 aliphatic heterocycles. The Labute approximate surface area is 174 Å². The summed E-state index contributed by atoms with van der Waals surface area (Å²) in [6.07, 6.45) is 0.606. The van der Waals surface area contributed by atoms with E-state index in [0.29, 0.717) is 37.5 Å². The van der Waals surface area contributed by atoms with E-state index < -0.39 is 0 Å². The summed E-state index contributed by atoms with van der Waals surface area (Å²) in [6, 6.07) is 13.9. The van der Waals surface area contributed by atoms with Gasteiger partial charge in [0, 0.05) is 18.7 Å². The molecule has 1 atom stereocenters. The van der Waals surface area contributed by atoms with Crippen molar-refractivity contribution < 1.29 is 18.9 Å². The number of carbonyl (C=O) groups excluding carboxylic acids is 1. The summed E-state index contributed by atoms with van der Waals surface area (Å²) in [7, 11) is 1.66. The number of nitrogens with zero attached hydrogens (tertiary/aromatic N) is 4. The van der Waals surface area contributed by atoms with Crippen molar-refractivity contribution in [3.8, 4) is 5.75 Å². The lowest BCUT2D eigenvalue weighted by Crippen LogP contribution is -2.43. The van der Waals surface area contributed by atoms with Gasteiger partial charge in [0.05, 0.1) is 32.4 Å². The molecule has 0 spiro atoms. The Kier molecular flexibility index (Phi) is 6.04. The van der Waals surface area contributed by atoms with Crippen LogP contribution in [0.4, 0.5) is 0 Å². The number of morpholine rings is 1. The van der Waals surface area contributed by atoms with Crippen molar-refractivity contribution >= 4 is 5.91 Å². The Balaban J connectivity index is 1.43. The minimum atomic E-state index is -0.260. The van der Waals surface area contributed by atoms with Crippen molar-refractivity contribution in [1.29, 1.82) is 0 Å². The molecule has 1 aliphatic rings. The first-order valence-corrected chi connectivity index (χ1v) is 9.88. The Hall–Kier alpha value is -3.26. The van der Waals surface area contributed by atoms with E-state index in [1.54, 1.807) is 18.9 Å². The van der Waals surface area contributed by atoms with Crippen molar-refractivity contribution in [1.82, 2.24) is 20.2 Å². The van der Waals surface area contributed by atoms with E-state index in [1.807, 2.05) is 36.4 Å². The highest BCUT2D eigenvalue weighted by Gasteiger charge is 2.27. The Morgan fingerprint density at radius 1 is 1.23 bits per heavy atom. The minimum absolute atomic E-state index is 0.0189. The number of methoxy groups -OCH3 is 1. The lowest BCUT2D eigenvalue weighted by Gasteiger charge is -2.32.